The molecule has 0 aliphatic rings. The van der Waals surface area contributed by atoms with Gasteiger partial charge in [0.1, 0.15) is 12.5 Å². The van der Waals surface area contributed by atoms with Gasteiger partial charge in [0.25, 0.3) is 11.5 Å². The van der Waals surface area contributed by atoms with Crippen LogP contribution in [0.25, 0.3) is 0 Å². The second-order valence-corrected chi connectivity index (χ2v) is 9.11. The molecule has 2 aromatic carbocycles. The topological polar surface area (TPSA) is 95.7 Å². The second kappa shape index (κ2) is 11.5. The third-order valence-electron chi connectivity index (χ3n) is 4.61. The van der Waals surface area contributed by atoms with Crippen LogP contribution in [0.2, 0.25) is 0 Å². The van der Waals surface area contributed by atoms with Crippen LogP contribution in [0, 0.1) is 22.0 Å². The molecule has 0 aliphatic heterocycles. The number of carbonyl (C=O) groups excluding carboxylic acids is 1. The first kappa shape index (κ1) is 23.6. The van der Waals surface area contributed by atoms with Crippen molar-refractivity contribution >= 4 is 19.5 Å². The van der Waals surface area contributed by atoms with E-state index in [0.717, 1.165) is 5.56 Å². The predicted octanol–water partition coefficient (Wildman–Crippen LogP) is 5.30. The van der Waals surface area contributed by atoms with E-state index in [0.29, 0.717) is 12.0 Å². The molecule has 0 saturated heterocycles. The third kappa shape index (κ3) is 7.01. The maximum atomic E-state index is 13.0. The summed E-state index contributed by atoms with van der Waals surface area (Å²) in [5, 5.41) is 10.8. The molecule has 0 bridgehead atoms. The SMILES string of the molecule is COC(C(CC(C)C)C(=O)OCc1ccccc1)[P+](=O)Cc1ccc([N+](=O)[O-])cc1. The first-order valence-electron chi connectivity index (χ1n) is 9.72. The number of hydrogen-bond donors (Lipinski definition) is 0. The summed E-state index contributed by atoms with van der Waals surface area (Å²) in [6.07, 6.45) is 0.639. The monoisotopic (exact) mass is 432 g/mol. The number of ether oxygens (including phenoxy) is 2. The standard InChI is InChI=1S/C22H27NO6P/c1-16(2)13-20(21(24)29-14-17-7-5-4-6-8-17)22(28-3)30(27)15-18-9-11-19(12-10-18)23(25)26/h4-12,16,20,22H,13-15H2,1-3H3/q+1. The van der Waals surface area contributed by atoms with E-state index in [-0.39, 0.29) is 24.4 Å². The van der Waals surface area contributed by atoms with Crippen molar-refractivity contribution in [3.63, 3.8) is 0 Å². The van der Waals surface area contributed by atoms with E-state index in [2.05, 4.69) is 0 Å². The Kier molecular flexibility index (Phi) is 9.09. The van der Waals surface area contributed by atoms with Crippen LogP contribution in [-0.2, 0) is 31.6 Å². The van der Waals surface area contributed by atoms with E-state index in [4.69, 9.17) is 9.47 Å². The van der Waals surface area contributed by atoms with E-state index in [1.807, 2.05) is 44.2 Å². The molecule has 0 spiro atoms. The number of nitro benzene ring substituents is 1. The molecule has 0 heterocycles. The molecule has 0 amide bonds. The highest BCUT2D eigenvalue weighted by Crippen LogP contribution is 2.40. The number of methoxy groups -OCH3 is 1. The van der Waals surface area contributed by atoms with Gasteiger partial charge in [0.15, 0.2) is 6.16 Å². The molecule has 7 nitrogen and oxygen atoms in total. The largest absolute Gasteiger partial charge is 0.460 e. The molecule has 160 valence electrons. The summed E-state index contributed by atoms with van der Waals surface area (Å²) < 4.78 is 24.0. The Balaban J connectivity index is 2.10. The van der Waals surface area contributed by atoms with E-state index in [1.54, 1.807) is 12.1 Å². The van der Waals surface area contributed by atoms with Gasteiger partial charge in [0.05, 0.1) is 4.92 Å². The lowest BCUT2D eigenvalue weighted by molar-refractivity contribution is -0.384. The van der Waals surface area contributed by atoms with Gasteiger partial charge in [-0.1, -0.05) is 48.7 Å². The Hall–Kier alpha value is -2.63. The maximum Gasteiger partial charge on any atom is 0.375 e. The molecule has 30 heavy (non-hydrogen) atoms. The average Bonchev–Trinajstić information content (AvgIpc) is 2.72. The number of non-ortho nitro benzene ring substituents is 1. The van der Waals surface area contributed by atoms with E-state index in [1.165, 1.54) is 19.2 Å². The molecular formula is C22H27NO6P+. The summed E-state index contributed by atoms with van der Waals surface area (Å²) in [4.78, 5) is 23.1. The summed E-state index contributed by atoms with van der Waals surface area (Å²) in [6.45, 7) is 4.10. The van der Waals surface area contributed by atoms with Gasteiger partial charge in [-0.2, -0.15) is 0 Å². The molecule has 0 aliphatic carbocycles. The summed E-state index contributed by atoms with van der Waals surface area (Å²) in [6, 6.07) is 15.3. The van der Waals surface area contributed by atoms with Crippen molar-refractivity contribution in [1.29, 1.82) is 0 Å². The lowest BCUT2D eigenvalue weighted by Crippen LogP contribution is -2.30. The van der Waals surface area contributed by atoms with Crippen molar-refractivity contribution < 1.29 is 23.8 Å². The van der Waals surface area contributed by atoms with Gasteiger partial charge in [-0.25, -0.2) is 0 Å². The molecule has 0 aromatic heterocycles. The Morgan fingerprint density at radius 2 is 1.70 bits per heavy atom. The minimum Gasteiger partial charge on any atom is -0.460 e. The quantitative estimate of drug-likeness (QED) is 0.207. The van der Waals surface area contributed by atoms with Gasteiger partial charge in [-0.3, -0.25) is 14.9 Å². The normalized spacial score (nSPS) is 13.5. The summed E-state index contributed by atoms with van der Waals surface area (Å²) in [5.41, 5.74) is 1.53. The van der Waals surface area contributed by atoms with Crippen LogP contribution in [0.1, 0.15) is 31.4 Å². The third-order valence-corrected chi connectivity index (χ3v) is 6.42. The van der Waals surface area contributed by atoms with Gasteiger partial charge in [-0.05, 0) is 30.0 Å². The van der Waals surface area contributed by atoms with Crippen molar-refractivity contribution in [2.45, 2.75) is 38.9 Å². The lowest BCUT2D eigenvalue weighted by Gasteiger charge is -2.20. The highest BCUT2D eigenvalue weighted by Gasteiger charge is 2.43. The zero-order chi connectivity index (χ0) is 22.1. The zero-order valence-corrected chi connectivity index (χ0v) is 18.3. The number of esters is 1. The molecule has 0 radical (unpaired) electrons. The highest BCUT2D eigenvalue weighted by molar-refractivity contribution is 7.44. The number of hydrogen-bond acceptors (Lipinski definition) is 6. The minimum absolute atomic E-state index is 0.0283. The van der Waals surface area contributed by atoms with Crippen LogP contribution < -0.4 is 0 Å². The number of nitro groups is 1. The number of carbonyl (C=O) groups is 1. The number of benzene rings is 2. The lowest BCUT2D eigenvalue weighted by atomic mass is 9.97. The molecule has 0 saturated carbocycles. The first-order chi connectivity index (χ1) is 14.3. The van der Waals surface area contributed by atoms with E-state index in [9.17, 15) is 19.5 Å². The van der Waals surface area contributed by atoms with Gasteiger partial charge >= 0.3 is 13.8 Å². The Labute approximate surface area is 177 Å². The van der Waals surface area contributed by atoms with Gasteiger partial charge in [0.2, 0.25) is 0 Å². The molecule has 2 rings (SSSR count). The fraction of sp³-hybridized carbons (Fsp3) is 0.409. The molecule has 0 N–H and O–H groups in total. The van der Waals surface area contributed by atoms with Crippen molar-refractivity contribution in [3.05, 3.63) is 75.8 Å². The molecule has 3 unspecified atom stereocenters. The van der Waals surface area contributed by atoms with E-state index < -0.39 is 30.5 Å². The maximum absolute atomic E-state index is 13.0. The minimum atomic E-state index is -1.96. The van der Waals surface area contributed by atoms with E-state index >= 15 is 0 Å². The van der Waals surface area contributed by atoms with Crippen LogP contribution in [0.15, 0.2) is 54.6 Å². The van der Waals surface area contributed by atoms with Crippen LogP contribution in [0.4, 0.5) is 5.69 Å². The smallest absolute Gasteiger partial charge is 0.375 e. The van der Waals surface area contributed by atoms with Crippen molar-refractivity contribution in [2.75, 3.05) is 7.11 Å². The first-order valence-corrected chi connectivity index (χ1v) is 11.2. The summed E-state index contributed by atoms with van der Waals surface area (Å²) in [5.74, 6) is -1.73. The van der Waals surface area contributed by atoms with Crippen molar-refractivity contribution in [3.8, 4) is 0 Å². The molecule has 2 aromatic rings. The fourth-order valence-electron chi connectivity index (χ4n) is 3.15. The number of rotatable bonds is 11. The zero-order valence-electron chi connectivity index (χ0n) is 17.4. The van der Waals surface area contributed by atoms with Crippen LogP contribution in [-0.4, -0.2) is 23.8 Å². The van der Waals surface area contributed by atoms with Gasteiger partial charge < -0.3 is 9.47 Å². The molecule has 8 heteroatoms. The predicted molar refractivity (Wildman–Crippen MR) is 114 cm³/mol. The Bertz CT molecular complexity index is 854. The van der Waals surface area contributed by atoms with Crippen molar-refractivity contribution in [1.82, 2.24) is 0 Å². The van der Waals surface area contributed by atoms with Gasteiger partial charge in [-0.15, -0.1) is 0 Å². The summed E-state index contributed by atoms with van der Waals surface area (Å²) >= 11 is 0. The Morgan fingerprint density at radius 3 is 2.23 bits per heavy atom. The van der Waals surface area contributed by atoms with Crippen LogP contribution >= 0.6 is 7.80 Å². The van der Waals surface area contributed by atoms with Crippen LogP contribution in [0.3, 0.4) is 0 Å². The molecule has 0 fully saturated rings. The van der Waals surface area contributed by atoms with Crippen LogP contribution in [0.5, 0.6) is 0 Å². The molecule has 3 atom stereocenters. The second-order valence-electron chi connectivity index (χ2n) is 7.45. The van der Waals surface area contributed by atoms with Crippen molar-refractivity contribution in [2.24, 2.45) is 11.8 Å². The Morgan fingerprint density at radius 1 is 1.07 bits per heavy atom. The highest BCUT2D eigenvalue weighted by atomic mass is 31.1. The fourth-order valence-corrected chi connectivity index (χ4v) is 4.78. The molecular weight excluding hydrogens is 405 g/mol. The summed E-state index contributed by atoms with van der Waals surface area (Å²) in [7, 11) is -0.520. The van der Waals surface area contributed by atoms with Gasteiger partial charge in [0, 0.05) is 24.8 Å². The number of nitrogens with zero attached hydrogens (tertiary/aromatic N) is 1. The average molecular weight is 432 g/mol.